The van der Waals surface area contributed by atoms with Gasteiger partial charge in [0.25, 0.3) is 0 Å². The van der Waals surface area contributed by atoms with Gasteiger partial charge in [-0.1, -0.05) is 32.9 Å². The van der Waals surface area contributed by atoms with E-state index >= 15 is 0 Å². The maximum atomic E-state index is 13.1. The third-order valence-corrected chi connectivity index (χ3v) is 7.46. The third kappa shape index (κ3) is 4.36. The molecule has 0 aromatic heterocycles. The molecule has 0 spiro atoms. The van der Waals surface area contributed by atoms with E-state index in [1.54, 1.807) is 0 Å². The molecule has 1 aliphatic heterocycles. The van der Waals surface area contributed by atoms with Crippen molar-refractivity contribution in [2.75, 3.05) is 0 Å². The molecule has 30 heavy (non-hydrogen) atoms. The molecule has 0 bridgehead atoms. The second kappa shape index (κ2) is 8.24. The summed E-state index contributed by atoms with van der Waals surface area (Å²) in [7, 11) is 0. The molecule has 1 N–H and O–H groups in total. The predicted octanol–water partition coefficient (Wildman–Crippen LogP) is 7.35. The topological polar surface area (TPSA) is 29.5 Å². The Kier molecular flexibility index (Phi) is 5.83. The molecule has 0 amide bonds. The third-order valence-electron chi connectivity index (χ3n) is 7.46. The fraction of sp³-hybridized carbons (Fsp3) is 0.556. The van der Waals surface area contributed by atoms with E-state index in [9.17, 15) is 9.50 Å². The van der Waals surface area contributed by atoms with E-state index in [1.807, 2.05) is 18.2 Å². The van der Waals surface area contributed by atoms with Gasteiger partial charge in [-0.15, -0.1) is 0 Å². The van der Waals surface area contributed by atoms with Crippen molar-refractivity contribution in [2.45, 2.75) is 84.2 Å². The summed E-state index contributed by atoms with van der Waals surface area (Å²) in [5, 5.41) is 11.0. The molecule has 2 aromatic carbocycles. The van der Waals surface area contributed by atoms with Crippen molar-refractivity contribution in [3.63, 3.8) is 0 Å². The first kappa shape index (κ1) is 21.2. The van der Waals surface area contributed by atoms with Crippen LogP contribution in [0.25, 0.3) is 0 Å². The minimum absolute atomic E-state index is 0.186. The molecule has 2 aromatic rings. The lowest BCUT2D eigenvalue weighted by Crippen LogP contribution is -2.40. The van der Waals surface area contributed by atoms with Crippen LogP contribution in [0.5, 0.6) is 11.5 Å². The van der Waals surface area contributed by atoms with Crippen LogP contribution < -0.4 is 4.74 Å². The first-order valence-electron chi connectivity index (χ1n) is 11.5. The van der Waals surface area contributed by atoms with E-state index in [0.717, 1.165) is 42.6 Å². The van der Waals surface area contributed by atoms with E-state index < -0.39 is 0 Å². The molecule has 0 radical (unpaired) electrons. The summed E-state index contributed by atoms with van der Waals surface area (Å²) < 4.78 is 19.4. The van der Waals surface area contributed by atoms with Gasteiger partial charge >= 0.3 is 0 Å². The lowest BCUT2D eigenvalue weighted by molar-refractivity contribution is 0.0442. The average Bonchev–Trinajstić information content (AvgIpc) is 2.68. The fourth-order valence-corrected chi connectivity index (χ4v) is 5.59. The number of benzene rings is 2. The predicted molar refractivity (Wildman–Crippen MR) is 120 cm³/mol. The highest BCUT2D eigenvalue weighted by Gasteiger charge is 2.44. The maximum absolute atomic E-state index is 13.1. The quantitative estimate of drug-likeness (QED) is 0.558. The fourth-order valence-electron chi connectivity index (χ4n) is 5.59. The summed E-state index contributed by atoms with van der Waals surface area (Å²) >= 11 is 0. The van der Waals surface area contributed by atoms with Crippen LogP contribution in [-0.4, -0.2) is 11.2 Å². The smallest absolute Gasteiger partial charge is 0.127 e. The average molecular weight is 411 g/mol. The number of hydrogen-bond acceptors (Lipinski definition) is 2. The Labute approximate surface area is 180 Å². The van der Waals surface area contributed by atoms with Gasteiger partial charge in [0.1, 0.15) is 17.3 Å². The Bertz CT molecular complexity index is 886. The number of rotatable bonds is 5. The molecular formula is C27H35FO2. The molecule has 4 unspecified atom stereocenters. The van der Waals surface area contributed by atoms with Gasteiger partial charge in [-0.2, -0.15) is 0 Å². The highest BCUT2D eigenvalue weighted by Crippen LogP contribution is 2.55. The summed E-state index contributed by atoms with van der Waals surface area (Å²) in [6.45, 7) is 9.09. The summed E-state index contributed by atoms with van der Waals surface area (Å²) in [6, 6.07) is 10.9. The van der Waals surface area contributed by atoms with E-state index in [-0.39, 0.29) is 11.9 Å². The van der Waals surface area contributed by atoms with Crippen molar-refractivity contribution in [3.8, 4) is 11.5 Å². The van der Waals surface area contributed by atoms with Crippen molar-refractivity contribution >= 4 is 0 Å². The standard InChI is InChI=1S/C27H35FO2/c1-17(6-5-7-19-8-10-21(28)11-9-19)20-14-24(29)26-23-16-27(3,4)13-12-22(23)18(2)30-25(26)15-20/h8-11,14-15,17-18,22-23,29H,5-7,12-13,16H2,1-4H3. The van der Waals surface area contributed by atoms with Gasteiger partial charge in [-0.05, 0) is 98.1 Å². The number of fused-ring (bicyclic) bond motifs is 3. The SMILES string of the molecule is CC(CCCc1ccc(F)cc1)c1cc(O)c2c(c1)OC(C)C1CCC(C)(C)CC21. The van der Waals surface area contributed by atoms with Crippen LogP contribution in [0.2, 0.25) is 0 Å². The highest BCUT2D eigenvalue weighted by molar-refractivity contribution is 5.52. The number of phenols is 1. The summed E-state index contributed by atoms with van der Waals surface area (Å²) in [5.74, 6) is 2.33. The zero-order valence-corrected chi connectivity index (χ0v) is 18.7. The number of phenolic OH excluding ortho intramolecular Hbond substituents is 1. The maximum Gasteiger partial charge on any atom is 0.127 e. The molecule has 1 fully saturated rings. The molecule has 4 rings (SSSR count). The Hall–Kier alpha value is -2.03. The lowest BCUT2D eigenvalue weighted by Gasteiger charge is -2.47. The summed E-state index contributed by atoms with van der Waals surface area (Å²) in [5.41, 5.74) is 3.66. The number of aryl methyl sites for hydroxylation is 1. The van der Waals surface area contributed by atoms with Gasteiger partial charge in [0, 0.05) is 11.5 Å². The lowest BCUT2D eigenvalue weighted by atomic mass is 9.62. The minimum atomic E-state index is -0.186. The van der Waals surface area contributed by atoms with E-state index in [1.165, 1.54) is 30.5 Å². The van der Waals surface area contributed by atoms with Crippen molar-refractivity contribution < 1.29 is 14.2 Å². The molecule has 2 aliphatic rings. The zero-order valence-electron chi connectivity index (χ0n) is 18.7. The molecule has 4 atom stereocenters. The summed E-state index contributed by atoms with van der Waals surface area (Å²) in [6.07, 6.45) is 6.68. The first-order valence-corrected chi connectivity index (χ1v) is 11.5. The number of ether oxygens (including phenoxy) is 1. The minimum Gasteiger partial charge on any atom is -0.508 e. The number of hydrogen-bond donors (Lipinski definition) is 1. The van der Waals surface area contributed by atoms with E-state index in [0.29, 0.717) is 28.9 Å². The molecule has 162 valence electrons. The van der Waals surface area contributed by atoms with Gasteiger partial charge in [0.2, 0.25) is 0 Å². The van der Waals surface area contributed by atoms with Crippen molar-refractivity contribution in [1.29, 1.82) is 0 Å². The van der Waals surface area contributed by atoms with Crippen molar-refractivity contribution in [3.05, 3.63) is 58.9 Å². The van der Waals surface area contributed by atoms with Crippen LogP contribution >= 0.6 is 0 Å². The van der Waals surface area contributed by atoms with Crippen LogP contribution in [0.3, 0.4) is 0 Å². The Morgan fingerprint density at radius 1 is 1.20 bits per heavy atom. The van der Waals surface area contributed by atoms with Crippen LogP contribution in [0, 0.1) is 17.2 Å². The molecule has 2 nitrogen and oxygen atoms in total. The van der Waals surface area contributed by atoms with E-state index in [4.69, 9.17) is 4.74 Å². The van der Waals surface area contributed by atoms with Gasteiger partial charge in [0.05, 0.1) is 6.10 Å². The molecular weight excluding hydrogens is 375 g/mol. The van der Waals surface area contributed by atoms with Crippen molar-refractivity contribution in [1.82, 2.24) is 0 Å². The molecule has 1 heterocycles. The largest absolute Gasteiger partial charge is 0.508 e. The van der Waals surface area contributed by atoms with Gasteiger partial charge in [-0.3, -0.25) is 0 Å². The number of halogens is 1. The Morgan fingerprint density at radius 2 is 1.93 bits per heavy atom. The summed E-state index contributed by atoms with van der Waals surface area (Å²) in [4.78, 5) is 0. The highest BCUT2D eigenvalue weighted by atomic mass is 19.1. The zero-order chi connectivity index (χ0) is 21.5. The van der Waals surface area contributed by atoms with Crippen LogP contribution in [0.4, 0.5) is 4.39 Å². The monoisotopic (exact) mass is 410 g/mol. The molecule has 3 heteroatoms. The first-order chi connectivity index (χ1) is 14.2. The van der Waals surface area contributed by atoms with E-state index in [2.05, 4.69) is 33.8 Å². The number of aromatic hydroxyl groups is 1. The molecule has 1 saturated carbocycles. The molecule has 0 saturated heterocycles. The van der Waals surface area contributed by atoms with Crippen LogP contribution in [0.1, 0.15) is 88.3 Å². The Morgan fingerprint density at radius 3 is 2.67 bits per heavy atom. The second-order valence-electron chi connectivity index (χ2n) is 10.4. The normalized spacial score (nSPS) is 25.7. The molecule has 1 aliphatic carbocycles. The van der Waals surface area contributed by atoms with Crippen LogP contribution in [-0.2, 0) is 6.42 Å². The van der Waals surface area contributed by atoms with Gasteiger partial charge < -0.3 is 9.84 Å². The van der Waals surface area contributed by atoms with Gasteiger partial charge in [-0.25, -0.2) is 4.39 Å². The van der Waals surface area contributed by atoms with Crippen molar-refractivity contribution in [2.24, 2.45) is 11.3 Å². The Balaban J connectivity index is 1.49. The van der Waals surface area contributed by atoms with Gasteiger partial charge in [0.15, 0.2) is 0 Å². The van der Waals surface area contributed by atoms with Crippen LogP contribution in [0.15, 0.2) is 36.4 Å². The second-order valence-corrected chi connectivity index (χ2v) is 10.4.